The highest BCUT2D eigenvalue weighted by Crippen LogP contribution is 2.37. The molecule has 1 fully saturated rings. The van der Waals surface area contributed by atoms with Crippen LogP contribution in [0.2, 0.25) is 5.02 Å². The molecule has 0 aliphatic carbocycles. The molecule has 0 N–H and O–H groups in total. The van der Waals surface area contributed by atoms with Crippen molar-refractivity contribution in [3.05, 3.63) is 62.7 Å². The predicted octanol–water partition coefficient (Wildman–Crippen LogP) is 4.61. The number of thiocarbonyl (C=S) groups is 1. The van der Waals surface area contributed by atoms with Gasteiger partial charge in [0.1, 0.15) is 11.6 Å². The topological polar surface area (TPSA) is 64.8 Å². The number of methoxy groups -OCH3 is 1. The van der Waals surface area contributed by atoms with Crippen LogP contribution in [0, 0.1) is 10.1 Å². The highest BCUT2D eigenvalue weighted by molar-refractivity contribution is 7.80. The summed E-state index contributed by atoms with van der Waals surface area (Å²) in [4.78, 5) is 13.2. The van der Waals surface area contributed by atoms with E-state index in [1.54, 1.807) is 25.3 Å². The summed E-state index contributed by atoms with van der Waals surface area (Å²) in [6.07, 6.45) is 2.28. The molecule has 6 nitrogen and oxygen atoms in total. The minimum absolute atomic E-state index is 0.0362. The van der Waals surface area contributed by atoms with Gasteiger partial charge in [0.15, 0.2) is 11.5 Å². The predicted molar refractivity (Wildman–Crippen MR) is 108 cm³/mol. The number of non-ortho nitro benzene ring substituents is 1. The van der Waals surface area contributed by atoms with Crippen LogP contribution in [-0.2, 0) is 6.61 Å². The number of nitrogens with zero attached hydrogens (tertiary/aromatic N) is 2. The van der Waals surface area contributed by atoms with Crippen molar-refractivity contribution < 1.29 is 14.4 Å². The molecule has 0 saturated carbocycles. The van der Waals surface area contributed by atoms with Gasteiger partial charge in [0, 0.05) is 30.8 Å². The number of hydrogen-bond donors (Lipinski definition) is 0. The Morgan fingerprint density at radius 3 is 2.52 bits per heavy atom. The first-order chi connectivity index (χ1) is 13.0. The molecule has 27 heavy (non-hydrogen) atoms. The third-order valence-corrected chi connectivity index (χ3v) is 5.17. The minimum atomic E-state index is -0.438. The summed E-state index contributed by atoms with van der Waals surface area (Å²) in [5, 5.41) is 11.1. The summed E-state index contributed by atoms with van der Waals surface area (Å²) in [5.41, 5.74) is 1.65. The van der Waals surface area contributed by atoms with Gasteiger partial charge < -0.3 is 14.4 Å². The Morgan fingerprint density at radius 1 is 1.26 bits per heavy atom. The third kappa shape index (κ3) is 4.48. The number of ether oxygens (including phenoxy) is 2. The zero-order chi connectivity index (χ0) is 19.4. The Labute approximate surface area is 167 Å². The fourth-order valence-corrected chi connectivity index (χ4v) is 3.52. The molecule has 0 spiro atoms. The number of nitro groups is 1. The molecule has 2 aromatic rings. The number of hydrogen-bond acceptors (Lipinski definition) is 5. The standard InChI is InChI=1S/C19H19ClN2O4S/c1-25-17-11-14(19(27)21-8-2-3-9-21)10-16(20)18(17)26-12-13-4-6-15(7-5-13)22(23)24/h4-7,10-11H,2-3,8-9,12H2,1H3. The highest BCUT2D eigenvalue weighted by Gasteiger charge is 2.20. The summed E-state index contributed by atoms with van der Waals surface area (Å²) >= 11 is 12.0. The van der Waals surface area contributed by atoms with Crippen molar-refractivity contribution in [3.63, 3.8) is 0 Å². The molecule has 3 rings (SSSR count). The van der Waals surface area contributed by atoms with E-state index in [4.69, 9.17) is 33.3 Å². The van der Waals surface area contributed by atoms with Gasteiger partial charge in [-0.1, -0.05) is 23.8 Å². The minimum Gasteiger partial charge on any atom is -0.493 e. The molecule has 0 bridgehead atoms. The molecule has 0 amide bonds. The van der Waals surface area contributed by atoms with Crippen molar-refractivity contribution in [2.45, 2.75) is 19.4 Å². The summed E-state index contributed by atoms with van der Waals surface area (Å²) in [5.74, 6) is 0.923. The van der Waals surface area contributed by atoms with Crippen molar-refractivity contribution in [1.82, 2.24) is 4.90 Å². The molecular formula is C19H19ClN2O4S. The molecule has 0 aromatic heterocycles. The lowest BCUT2D eigenvalue weighted by Crippen LogP contribution is -2.26. The SMILES string of the molecule is COc1cc(C(=S)N2CCCC2)cc(Cl)c1OCc1ccc([N+](=O)[O-])cc1. The molecule has 2 aromatic carbocycles. The number of likely N-dealkylation sites (tertiary alicyclic amines) is 1. The van der Waals surface area contributed by atoms with Gasteiger partial charge in [0.2, 0.25) is 0 Å². The quantitative estimate of drug-likeness (QED) is 0.396. The van der Waals surface area contributed by atoms with Crippen LogP contribution in [0.25, 0.3) is 0 Å². The van der Waals surface area contributed by atoms with Crippen LogP contribution in [0.4, 0.5) is 5.69 Å². The van der Waals surface area contributed by atoms with Gasteiger partial charge in [0.25, 0.3) is 5.69 Å². The first-order valence-corrected chi connectivity index (χ1v) is 9.31. The van der Waals surface area contributed by atoms with Crippen LogP contribution in [0.1, 0.15) is 24.0 Å². The van der Waals surface area contributed by atoms with Crippen molar-refractivity contribution in [2.24, 2.45) is 0 Å². The summed E-state index contributed by atoms with van der Waals surface area (Å²) in [7, 11) is 1.55. The van der Waals surface area contributed by atoms with Crippen LogP contribution in [0.5, 0.6) is 11.5 Å². The van der Waals surface area contributed by atoms with Crippen LogP contribution >= 0.6 is 23.8 Å². The lowest BCUT2D eigenvalue weighted by Gasteiger charge is -2.20. The molecule has 0 unspecified atom stereocenters. The Balaban J connectivity index is 1.76. The molecule has 0 atom stereocenters. The maximum atomic E-state index is 10.7. The first-order valence-electron chi connectivity index (χ1n) is 8.52. The second kappa shape index (κ2) is 8.54. The second-order valence-corrected chi connectivity index (χ2v) is 6.99. The van der Waals surface area contributed by atoms with E-state index in [2.05, 4.69) is 4.90 Å². The van der Waals surface area contributed by atoms with E-state index >= 15 is 0 Å². The summed E-state index contributed by atoms with van der Waals surface area (Å²) in [6, 6.07) is 9.79. The maximum absolute atomic E-state index is 10.7. The fraction of sp³-hybridized carbons (Fsp3) is 0.316. The number of nitro benzene ring substituents is 1. The third-order valence-electron chi connectivity index (χ3n) is 4.40. The summed E-state index contributed by atoms with van der Waals surface area (Å²) < 4.78 is 11.3. The average Bonchev–Trinajstić information content (AvgIpc) is 3.21. The monoisotopic (exact) mass is 406 g/mol. The number of halogens is 1. The van der Waals surface area contributed by atoms with Gasteiger partial charge in [-0.2, -0.15) is 0 Å². The largest absolute Gasteiger partial charge is 0.493 e. The van der Waals surface area contributed by atoms with Crippen LogP contribution in [-0.4, -0.2) is 35.0 Å². The van der Waals surface area contributed by atoms with E-state index < -0.39 is 4.92 Å². The Morgan fingerprint density at radius 2 is 1.93 bits per heavy atom. The zero-order valence-electron chi connectivity index (χ0n) is 14.8. The normalized spacial score (nSPS) is 13.5. The maximum Gasteiger partial charge on any atom is 0.269 e. The second-order valence-electron chi connectivity index (χ2n) is 6.20. The van der Waals surface area contributed by atoms with E-state index in [0.717, 1.165) is 42.0 Å². The molecule has 8 heteroatoms. The molecule has 1 aliphatic rings. The Hall–Kier alpha value is -2.38. The average molecular weight is 407 g/mol. The fourth-order valence-electron chi connectivity index (χ4n) is 2.96. The van der Waals surface area contributed by atoms with Crippen LogP contribution in [0.15, 0.2) is 36.4 Å². The van der Waals surface area contributed by atoms with E-state index in [0.29, 0.717) is 16.5 Å². The lowest BCUT2D eigenvalue weighted by molar-refractivity contribution is -0.384. The van der Waals surface area contributed by atoms with E-state index in [1.807, 2.05) is 6.07 Å². The van der Waals surface area contributed by atoms with Gasteiger partial charge in [0.05, 0.1) is 17.1 Å². The lowest BCUT2D eigenvalue weighted by atomic mass is 10.1. The van der Waals surface area contributed by atoms with Crippen molar-refractivity contribution in [1.29, 1.82) is 0 Å². The van der Waals surface area contributed by atoms with Gasteiger partial charge in [-0.25, -0.2) is 0 Å². The van der Waals surface area contributed by atoms with Gasteiger partial charge in [-0.3, -0.25) is 10.1 Å². The molecule has 1 aliphatic heterocycles. The smallest absolute Gasteiger partial charge is 0.269 e. The van der Waals surface area contributed by atoms with Gasteiger partial charge >= 0.3 is 0 Å². The number of benzene rings is 2. The van der Waals surface area contributed by atoms with Crippen molar-refractivity contribution in [3.8, 4) is 11.5 Å². The molecule has 142 valence electrons. The van der Waals surface area contributed by atoms with Crippen LogP contribution < -0.4 is 9.47 Å². The molecule has 1 saturated heterocycles. The molecule has 0 radical (unpaired) electrons. The van der Waals surface area contributed by atoms with E-state index in [1.165, 1.54) is 12.1 Å². The summed E-state index contributed by atoms with van der Waals surface area (Å²) in [6.45, 7) is 2.12. The van der Waals surface area contributed by atoms with Crippen LogP contribution in [0.3, 0.4) is 0 Å². The first kappa shape index (κ1) is 19.4. The highest BCUT2D eigenvalue weighted by atomic mass is 35.5. The molecular weight excluding hydrogens is 388 g/mol. The zero-order valence-corrected chi connectivity index (χ0v) is 16.4. The van der Waals surface area contributed by atoms with Crippen molar-refractivity contribution in [2.75, 3.05) is 20.2 Å². The molecule has 1 heterocycles. The number of rotatable bonds is 6. The Bertz CT molecular complexity index is 852. The van der Waals surface area contributed by atoms with Crippen molar-refractivity contribution >= 4 is 34.5 Å². The Kier molecular flexibility index (Phi) is 6.13. The van der Waals surface area contributed by atoms with E-state index in [-0.39, 0.29) is 12.3 Å². The van der Waals surface area contributed by atoms with Gasteiger partial charge in [-0.05, 0) is 42.7 Å². The van der Waals surface area contributed by atoms with E-state index in [9.17, 15) is 10.1 Å². The van der Waals surface area contributed by atoms with Gasteiger partial charge in [-0.15, -0.1) is 0 Å².